The molecule has 1 amide bonds. The van der Waals surface area contributed by atoms with E-state index >= 15 is 0 Å². The Hall–Kier alpha value is -1.69. The van der Waals surface area contributed by atoms with E-state index < -0.39 is 24.3 Å². The lowest BCUT2D eigenvalue weighted by molar-refractivity contribution is -0.123. The van der Waals surface area contributed by atoms with Crippen LogP contribution in [-0.2, 0) is 11.4 Å². The van der Waals surface area contributed by atoms with Gasteiger partial charge in [-0.15, -0.1) is 0 Å². The van der Waals surface area contributed by atoms with Crippen LogP contribution in [0.2, 0.25) is 0 Å². The Bertz CT molecular complexity index is 471. The number of aliphatic hydroxyl groups excluding tert-OH is 1. The van der Waals surface area contributed by atoms with Gasteiger partial charge >= 0.3 is 0 Å². The van der Waals surface area contributed by atoms with Crippen molar-refractivity contribution in [2.45, 2.75) is 26.0 Å². The minimum absolute atomic E-state index is 0.174. The second kappa shape index (κ2) is 5.52. The summed E-state index contributed by atoms with van der Waals surface area (Å²) in [5, 5.41) is 11.6. The van der Waals surface area contributed by atoms with E-state index in [4.69, 9.17) is 5.11 Å². The van der Waals surface area contributed by atoms with Crippen molar-refractivity contribution in [3.63, 3.8) is 0 Å². The topological polar surface area (TPSA) is 52.6 Å². The van der Waals surface area contributed by atoms with Gasteiger partial charge in [0.25, 0.3) is 0 Å². The van der Waals surface area contributed by atoms with E-state index in [9.17, 15) is 13.6 Å². The molecule has 0 saturated carbocycles. The van der Waals surface area contributed by atoms with E-state index in [0.29, 0.717) is 19.5 Å². The number of hydrogen-bond acceptors (Lipinski definition) is 3. The maximum absolute atomic E-state index is 14.0. The molecular weight excluding hydrogens is 254 g/mol. The van der Waals surface area contributed by atoms with Crippen molar-refractivity contribution in [1.82, 2.24) is 5.32 Å². The fourth-order valence-electron chi connectivity index (χ4n) is 2.37. The first-order chi connectivity index (χ1) is 9.08. The number of nitrogens with zero attached hydrogens (tertiary/aromatic N) is 1. The molecule has 1 aliphatic rings. The first kappa shape index (κ1) is 13.7. The summed E-state index contributed by atoms with van der Waals surface area (Å²) < 4.78 is 28.0. The number of amides is 1. The summed E-state index contributed by atoms with van der Waals surface area (Å²) >= 11 is 0. The summed E-state index contributed by atoms with van der Waals surface area (Å²) in [5.41, 5.74) is -0.0211. The molecule has 1 aromatic rings. The zero-order valence-electron chi connectivity index (χ0n) is 10.6. The van der Waals surface area contributed by atoms with Gasteiger partial charge in [0, 0.05) is 13.1 Å². The monoisotopic (exact) mass is 270 g/mol. The molecule has 1 fully saturated rings. The highest BCUT2D eigenvalue weighted by Gasteiger charge is 2.31. The quantitative estimate of drug-likeness (QED) is 0.867. The van der Waals surface area contributed by atoms with E-state index in [1.54, 1.807) is 6.92 Å². The van der Waals surface area contributed by atoms with E-state index in [0.717, 1.165) is 12.1 Å². The Labute approximate surface area is 110 Å². The number of halogens is 2. The first-order valence-corrected chi connectivity index (χ1v) is 6.21. The molecule has 2 rings (SSSR count). The summed E-state index contributed by atoms with van der Waals surface area (Å²) in [6.45, 7) is 2.08. The van der Waals surface area contributed by atoms with Crippen LogP contribution < -0.4 is 10.2 Å². The number of carbonyl (C=O) groups excluding carboxylic acids is 1. The predicted molar refractivity (Wildman–Crippen MR) is 66.7 cm³/mol. The average Bonchev–Trinajstić information content (AvgIpc) is 2.38. The van der Waals surface area contributed by atoms with Gasteiger partial charge in [-0.1, -0.05) is 6.92 Å². The van der Waals surface area contributed by atoms with E-state index in [-0.39, 0.29) is 17.2 Å². The van der Waals surface area contributed by atoms with Crippen LogP contribution in [0.3, 0.4) is 0 Å². The van der Waals surface area contributed by atoms with Crippen molar-refractivity contribution in [2.75, 3.05) is 18.0 Å². The van der Waals surface area contributed by atoms with E-state index in [1.807, 2.05) is 0 Å². The number of nitrogens with one attached hydrogen (secondary N) is 1. The minimum atomic E-state index is -0.753. The molecule has 1 saturated heterocycles. The molecule has 1 aliphatic heterocycles. The molecule has 4 nitrogen and oxygen atoms in total. The lowest BCUT2D eigenvalue weighted by atomic mass is 10.1. The fraction of sp³-hybridized carbons (Fsp3) is 0.462. The summed E-state index contributed by atoms with van der Waals surface area (Å²) in [6.07, 6.45) is 0.465. The molecule has 1 atom stereocenters. The number of anilines is 1. The number of hydrogen-bond donors (Lipinski definition) is 2. The summed E-state index contributed by atoms with van der Waals surface area (Å²) in [4.78, 5) is 13.2. The molecule has 6 heteroatoms. The molecule has 1 heterocycles. The Balaban J connectivity index is 2.42. The summed E-state index contributed by atoms with van der Waals surface area (Å²) in [5.74, 6) is -1.73. The van der Waals surface area contributed by atoms with Crippen molar-refractivity contribution in [3.8, 4) is 0 Å². The fourth-order valence-corrected chi connectivity index (χ4v) is 2.37. The van der Waals surface area contributed by atoms with Crippen molar-refractivity contribution >= 4 is 11.6 Å². The summed E-state index contributed by atoms with van der Waals surface area (Å²) in [6, 6.07) is 1.62. The molecule has 104 valence electrons. The second-order valence-electron chi connectivity index (χ2n) is 4.47. The molecule has 19 heavy (non-hydrogen) atoms. The number of piperazine rings is 1. The number of aliphatic hydroxyl groups is 1. The first-order valence-electron chi connectivity index (χ1n) is 6.21. The lowest BCUT2D eigenvalue weighted by Gasteiger charge is -2.36. The zero-order valence-corrected chi connectivity index (χ0v) is 10.6. The number of carbonyl (C=O) groups is 1. The number of rotatable bonds is 3. The third-order valence-corrected chi connectivity index (χ3v) is 3.26. The molecule has 0 bridgehead atoms. The van der Waals surface area contributed by atoms with Gasteiger partial charge in [0.2, 0.25) is 5.91 Å². The van der Waals surface area contributed by atoms with Crippen molar-refractivity contribution in [1.29, 1.82) is 0 Å². The van der Waals surface area contributed by atoms with Gasteiger partial charge in [0.05, 0.1) is 6.61 Å². The third-order valence-electron chi connectivity index (χ3n) is 3.26. The van der Waals surface area contributed by atoms with Gasteiger partial charge in [-0.05, 0) is 24.1 Å². The average molecular weight is 270 g/mol. The van der Waals surface area contributed by atoms with E-state index in [1.165, 1.54) is 4.90 Å². The van der Waals surface area contributed by atoms with Crippen LogP contribution in [0.1, 0.15) is 18.9 Å². The zero-order chi connectivity index (χ0) is 14.0. The lowest BCUT2D eigenvalue weighted by Crippen LogP contribution is -2.55. The van der Waals surface area contributed by atoms with Crippen LogP contribution in [0.15, 0.2) is 12.1 Å². The standard InChI is InChI=1S/C13H16F2N2O2/c1-2-11-13(19)16-3-4-17(11)12-9(14)5-8(7-18)6-10(12)15/h5-6,11,18H,2-4,7H2,1H3,(H,16,19). The van der Waals surface area contributed by atoms with Gasteiger partial charge < -0.3 is 15.3 Å². The Morgan fingerprint density at radius 3 is 2.58 bits per heavy atom. The maximum Gasteiger partial charge on any atom is 0.242 e. The Morgan fingerprint density at radius 1 is 1.42 bits per heavy atom. The highest BCUT2D eigenvalue weighted by molar-refractivity contribution is 5.86. The molecule has 0 spiro atoms. The van der Waals surface area contributed by atoms with Crippen molar-refractivity contribution in [3.05, 3.63) is 29.3 Å². The molecule has 1 aromatic carbocycles. The number of benzene rings is 1. The molecular formula is C13H16F2N2O2. The Morgan fingerprint density at radius 2 is 2.05 bits per heavy atom. The Kier molecular flexibility index (Phi) is 3.99. The van der Waals surface area contributed by atoms with Crippen LogP contribution in [0.25, 0.3) is 0 Å². The van der Waals surface area contributed by atoms with Gasteiger partial charge in [-0.3, -0.25) is 4.79 Å². The molecule has 1 unspecified atom stereocenters. The van der Waals surface area contributed by atoms with Crippen molar-refractivity contribution < 1.29 is 18.7 Å². The third kappa shape index (κ3) is 2.53. The van der Waals surface area contributed by atoms with E-state index in [2.05, 4.69) is 5.32 Å². The largest absolute Gasteiger partial charge is 0.392 e. The minimum Gasteiger partial charge on any atom is -0.392 e. The van der Waals surface area contributed by atoms with Gasteiger partial charge in [0.1, 0.15) is 23.4 Å². The molecule has 0 aromatic heterocycles. The maximum atomic E-state index is 14.0. The van der Waals surface area contributed by atoms with Crippen LogP contribution in [0.5, 0.6) is 0 Å². The van der Waals surface area contributed by atoms with Crippen molar-refractivity contribution in [2.24, 2.45) is 0 Å². The molecule has 0 aliphatic carbocycles. The summed E-state index contributed by atoms with van der Waals surface area (Å²) in [7, 11) is 0. The normalized spacial score (nSPS) is 19.5. The van der Waals surface area contributed by atoms with Crippen LogP contribution in [-0.4, -0.2) is 30.1 Å². The van der Waals surface area contributed by atoms with Crippen LogP contribution >= 0.6 is 0 Å². The highest BCUT2D eigenvalue weighted by atomic mass is 19.1. The van der Waals surface area contributed by atoms with Gasteiger partial charge in [0.15, 0.2) is 0 Å². The highest BCUT2D eigenvalue weighted by Crippen LogP contribution is 2.28. The molecule has 0 radical (unpaired) electrons. The predicted octanol–water partition coefficient (Wildman–Crippen LogP) is 1.17. The molecule has 2 N–H and O–H groups in total. The van der Waals surface area contributed by atoms with Gasteiger partial charge in [-0.2, -0.15) is 0 Å². The van der Waals surface area contributed by atoms with Crippen LogP contribution in [0.4, 0.5) is 14.5 Å². The van der Waals surface area contributed by atoms with Crippen LogP contribution in [0, 0.1) is 11.6 Å². The van der Waals surface area contributed by atoms with Gasteiger partial charge in [-0.25, -0.2) is 8.78 Å². The SMILES string of the molecule is CCC1C(=O)NCCN1c1c(F)cc(CO)cc1F. The second-order valence-corrected chi connectivity index (χ2v) is 4.47. The smallest absolute Gasteiger partial charge is 0.242 e.